The fourth-order valence-electron chi connectivity index (χ4n) is 1.70. The molecule has 3 heterocycles. The van der Waals surface area contributed by atoms with E-state index in [1.54, 1.807) is 18.5 Å². The monoisotopic (exact) mass is 391 g/mol. The molecule has 0 saturated carbocycles. The van der Waals surface area contributed by atoms with Crippen LogP contribution >= 0.6 is 22.9 Å². The summed E-state index contributed by atoms with van der Waals surface area (Å²) in [6.07, 6.45) is 4.12. The molecule has 2 N–H and O–H groups in total. The molecule has 138 valence electrons. The van der Waals surface area contributed by atoms with E-state index in [1.165, 1.54) is 18.3 Å². The Hall–Kier alpha value is -2.51. The van der Waals surface area contributed by atoms with Crippen LogP contribution in [0.25, 0.3) is 11.4 Å². The van der Waals surface area contributed by atoms with Crippen molar-refractivity contribution >= 4 is 45.9 Å². The lowest BCUT2D eigenvalue weighted by Gasteiger charge is -2.01. The highest BCUT2D eigenvalue weighted by atomic mass is 35.5. The van der Waals surface area contributed by atoms with Crippen LogP contribution in [0.2, 0.25) is 5.02 Å². The second-order valence-electron chi connectivity index (χ2n) is 4.44. The Balaban J connectivity index is 0.000000615. The van der Waals surface area contributed by atoms with Crippen LogP contribution < -0.4 is 10.6 Å². The van der Waals surface area contributed by atoms with Gasteiger partial charge in [0.15, 0.2) is 5.13 Å². The van der Waals surface area contributed by atoms with E-state index in [0.717, 1.165) is 28.5 Å². The number of hydrogen-bond acceptors (Lipinski definition) is 7. The van der Waals surface area contributed by atoms with Gasteiger partial charge in [-0.3, -0.25) is 4.98 Å². The lowest BCUT2D eigenvalue weighted by Crippen LogP contribution is -1.93. The summed E-state index contributed by atoms with van der Waals surface area (Å²) in [6, 6.07) is 7.49. The number of pyridine rings is 2. The molecule has 6 nitrogen and oxygen atoms in total. The van der Waals surface area contributed by atoms with Gasteiger partial charge in [0.25, 0.3) is 0 Å². The van der Waals surface area contributed by atoms with Crippen LogP contribution in [0.4, 0.5) is 16.6 Å². The van der Waals surface area contributed by atoms with E-state index in [9.17, 15) is 0 Å². The van der Waals surface area contributed by atoms with Gasteiger partial charge < -0.3 is 15.4 Å². The van der Waals surface area contributed by atoms with E-state index in [4.69, 9.17) is 16.4 Å². The van der Waals surface area contributed by atoms with Gasteiger partial charge in [-0.15, -0.1) is 11.3 Å². The lowest BCUT2D eigenvalue weighted by atomic mass is 10.3. The highest BCUT2D eigenvalue weighted by molar-refractivity contribution is 7.14. The molecular weight excluding hydrogens is 370 g/mol. The highest BCUT2D eigenvalue weighted by Gasteiger charge is 2.06. The number of nitrogens with one attached hydrogen (secondary N) is 2. The number of aldehydes is 1. The molecule has 0 atom stereocenters. The van der Waals surface area contributed by atoms with Crippen molar-refractivity contribution < 1.29 is 4.79 Å². The molecule has 3 aromatic rings. The number of hydrogen-bond donors (Lipinski definition) is 2. The van der Waals surface area contributed by atoms with Gasteiger partial charge in [0, 0.05) is 18.6 Å². The molecule has 0 aliphatic carbocycles. The molecule has 8 heteroatoms. The van der Waals surface area contributed by atoms with Crippen molar-refractivity contribution in [3.63, 3.8) is 0 Å². The maximum Gasteiger partial charge on any atom is 0.188 e. The summed E-state index contributed by atoms with van der Waals surface area (Å²) in [4.78, 5) is 21.9. The van der Waals surface area contributed by atoms with Gasteiger partial charge in [0.2, 0.25) is 0 Å². The van der Waals surface area contributed by atoms with Crippen molar-refractivity contribution in [2.75, 3.05) is 17.7 Å². The maximum absolute atomic E-state index is 8.81. The normalized spacial score (nSPS) is 9.12. The Morgan fingerprint density at radius 3 is 2.35 bits per heavy atom. The third-order valence-electron chi connectivity index (χ3n) is 2.78. The number of carbonyl (C=O) groups is 1. The minimum atomic E-state index is 0.606. The van der Waals surface area contributed by atoms with Crippen molar-refractivity contribution in [2.45, 2.75) is 20.8 Å². The molecule has 0 unspecified atom stereocenters. The first kappa shape index (κ1) is 21.5. The van der Waals surface area contributed by atoms with Crippen molar-refractivity contribution in [2.24, 2.45) is 0 Å². The van der Waals surface area contributed by atoms with Gasteiger partial charge in [-0.1, -0.05) is 25.4 Å². The topological polar surface area (TPSA) is 79.8 Å². The second kappa shape index (κ2) is 11.9. The predicted molar refractivity (Wildman–Crippen MR) is 111 cm³/mol. The Morgan fingerprint density at radius 1 is 1.08 bits per heavy atom. The number of carbonyl (C=O) groups excluding carboxylic acids is 1. The van der Waals surface area contributed by atoms with Crippen LogP contribution in [-0.2, 0) is 4.79 Å². The fourth-order valence-corrected chi connectivity index (χ4v) is 2.52. The van der Waals surface area contributed by atoms with Gasteiger partial charge in [0.1, 0.15) is 17.8 Å². The summed E-state index contributed by atoms with van der Waals surface area (Å²) in [6.45, 7) is 5.44. The lowest BCUT2D eigenvalue weighted by molar-refractivity contribution is -0.106. The molecule has 0 amide bonds. The fraction of sp³-hybridized carbons (Fsp3) is 0.222. The van der Waals surface area contributed by atoms with Crippen LogP contribution in [0.5, 0.6) is 0 Å². The highest BCUT2D eigenvalue weighted by Crippen LogP contribution is 2.26. The Bertz CT molecular complexity index is 775. The summed E-state index contributed by atoms with van der Waals surface area (Å²) in [5, 5.41) is 9.50. The molecule has 0 radical (unpaired) electrons. The number of aromatic nitrogens is 3. The average Bonchev–Trinajstić information content (AvgIpc) is 3.14. The van der Waals surface area contributed by atoms with Crippen LogP contribution in [0.1, 0.15) is 20.8 Å². The zero-order chi connectivity index (χ0) is 19.4. The Kier molecular flexibility index (Phi) is 9.89. The van der Waals surface area contributed by atoms with Crippen molar-refractivity contribution in [3.05, 3.63) is 47.1 Å². The number of thiazole rings is 1. The molecule has 0 aliphatic rings. The number of halogens is 1. The molecule has 3 aromatic heterocycles. The van der Waals surface area contributed by atoms with Crippen LogP contribution in [-0.4, -0.2) is 28.3 Å². The largest absolute Gasteiger partial charge is 0.387 e. The average molecular weight is 392 g/mol. The van der Waals surface area contributed by atoms with Crippen LogP contribution in [0.15, 0.2) is 42.0 Å². The van der Waals surface area contributed by atoms with Gasteiger partial charge in [-0.05, 0) is 31.2 Å². The van der Waals surface area contributed by atoms with Gasteiger partial charge in [-0.25, -0.2) is 9.97 Å². The summed E-state index contributed by atoms with van der Waals surface area (Å²) in [7, 11) is 1.86. The van der Waals surface area contributed by atoms with E-state index in [-0.39, 0.29) is 0 Å². The van der Waals surface area contributed by atoms with Crippen molar-refractivity contribution in [3.8, 4) is 11.4 Å². The first-order chi connectivity index (χ1) is 12.7. The van der Waals surface area contributed by atoms with Crippen LogP contribution in [0.3, 0.4) is 0 Å². The van der Waals surface area contributed by atoms with Gasteiger partial charge in [0.05, 0.1) is 22.6 Å². The summed E-state index contributed by atoms with van der Waals surface area (Å²) in [5.74, 6) is 0.707. The predicted octanol–water partition coefficient (Wildman–Crippen LogP) is 5.27. The molecule has 26 heavy (non-hydrogen) atoms. The zero-order valence-electron chi connectivity index (χ0n) is 15.2. The van der Waals surface area contributed by atoms with Crippen molar-refractivity contribution in [1.29, 1.82) is 0 Å². The van der Waals surface area contributed by atoms with Gasteiger partial charge >= 0.3 is 0 Å². The van der Waals surface area contributed by atoms with Crippen molar-refractivity contribution in [1.82, 2.24) is 15.0 Å². The third-order valence-corrected chi connectivity index (χ3v) is 3.76. The molecule has 0 aromatic carbocycles. The smallest absolute Gasteiger partial charge is 0.188 e. The van der Waals surface area contributed by atoms with Crippen LogP contribution in [0, 0.1) is 0 Å². The summed E-state index contributed by atoms with van der Waals surface area (Å²) in [5.41, 5.74) is 2.64. The summed E-state index contributed by atoms with van der Waals surface area (Å²) < 4.78 is 0. The first-order valence-corrected chi connectivity index (χ1v) is 9.30. The third kappa shape index (κ3) is 6.78. The molecule has 0 spiro atoms. The molecule has 3 rings (SSSR count). The van der Waals surface area contributed by atoms with E-state index in [0.29, 0.717) is 10.8 Å². The molecule has 0 bridgehead atoms. The zero-order valence-corrected chi connectivity index (χ0v) is 16.7. The first-order valence-electron chi connectivity index (χ1n) is 8.04. The van der Waals surface area contributed by atoms with E-state index < -0.39 is 0 Å². The Morgan fingerprint density at radius 2 is 1.81 bits per heavy atom. The van der Waals surface area contributed by atoms with Gasteiger partial charge in [-0.2, -0.15) is 0 Å². The SMILES string of the molecule is CC.CC=O.CNc1ccc(-c2csc(Nc3ccc(Cl)cn3)n2)nc1. The quantitative estimate of drug-likeness (QED) is 0.589. The molecular formula is C18H22ClN5OS. The molecule has 0 saturated heterocycles. The minimum Gasteiger partial charge on any atom is -0.387 e. The minimum absolute atomic E-state index is 0.606. The second-order valence-corrected chi connectivity index (χ2v) is 5.74. The number of nitrogens with zero attached hydrogens (tertiary/aromatic N) is 3. The standard InChI is InChI=1S/C14H12ClN5S.C2H4O.C2H6/c1-16-10-3-4-11(17-7-10)12-8-21-14(19-12)20-13-5-2-9(15)6-18-13;1-2-3;1-2/h2-8,16H,1H3,(H,18,19,20);2H,1H3;1-2H3. The van der Waals surface area contributed by atoms with E-state index in [2.05, 4.69) is 25.6 Å². The Labute approximate surface area is 162 Å². The van der Waals surface area contributed by atoms with E-state index >= 15 is 0 Å². The number of rotatable bonds is 4. The molecule has 0 aliphatic heterocycles. The number of anilines is 3. The van der Waals surface area contributed by atoms with E-state index in [1.807, 2.05) is 44.5 Å². The molecule has 0 fully saturated rings. The summed E-state index contributed by atoms with van der Waals surface area (Å²) >= 11 is 7.31. The maximum atomic E-state index is 8.81.